The molecule has 0 aliphatic heterocycles. The highest BCUT2D eigenvalue weighted by atomic mass is 16.3. The molecular formula is C12H17N3O2. The molecule has 0 aliphatic rings. The Kier molecular flexibility index (Phi) is 3.49. The number of hydrogen-bond donors (Lipinski definition) is 1. The Morgan fingerprint density at radius 1 is 1.47 bits per heavy atom. The quantitative estimate of drug-likeness (QED) is 0.845. The van der Waals surface area contributed by atoms with Crippen LogP contribution < -0.4 is 11.0 Å². The minimum Gasteiger partial charge on any atom is -0.468 e. The van der Waals surface area contributed by atoms with E-state index in [0.717, 1.165) is 12.3 Å². The Morgan fingerprint density at radius 2 is 2.29 bits per heavy atom. The van der Waals surface area contributed by atoms with Crippen molar-refractivity contribution >= 4 is 0 Å². The number of nitrogens with zero attached hydrogens (tertiary/aromatic N) is 2. The number of nitrogens with one attached hydrogen (secondary N) is 1. The number of aromatic nitrogens is 2. The third kappa shape index (κ3) is 2.68. The summed E-state index contributed by atoms with van der Waals surface area (Å²) >= 11 is 0. The fourth-order valence-corrected chi connectivity index (χ4v) is 1.72. The summed E-state index contributed by atoms with van der Waals surface area (Å²) in [7, 11) is 1.75. The molecule has 0 amide bonds. The average molecular weight is 235 g/mol. The predicted octanol–water partition coefficient (Wildman–Crippen LogP) is 1.13. The first-order valence-corrected chi connectivity index (χ1v) is 5.67. The second-order valence-corrected chi connectivity index (χ2v) is 4.08. The number of imidazole rings is 1. The summed E-state index contributed by atoms with van der Waals surface area (Å²) in [6.07, 6.45) is 5.22. The molecule has 92 valence electrons. The molecule has 2 rings (SSSR count). The topological polar surface area (TPSA) is 52.1 Å². The normalized spacial score (nSPS) is 12.8. The average Bonchev–Trinajstić information content (AvgIpc) is 2.93. The van der Waals surface area contributed by atoms with Gasteiger partial charge < -0.3 is 14.3 Å². The standard InChI is InChI=1S/C12H17N3O2/c1-10(11-4-3-9-17-11)13-5-6-15-8-7-14(2)12(15)16/h3-4,7-10,13H,5-6H2,1-2H3. The summed E-state index contributed by atoms with van der Waals surface area (Å²) in [5.41, 5.74) is 0.0115. The molecule has 0 aliphatic carbocycles. The van der Waals surface area contributed by atoms with Crippen molar-refractivity contribution in [1.82, 2.24) is 14.5 Å². The zero-order valence-electron chi connectivity index (χ0n) is 10.1. The molecule has 17 heavy (non-hydrogen) atoms. The fraction of sp³-hybridized carbons (Fsp3) is 0.417. The smallest absolute Gasteiger partial charge is 0.327 e. The molecule has 0 saturated heterocycles. The summed E-state index contributed by atoms with van der Waals surface area (Å²) < 4.78 is 8.54. The first-order valence-electron chi connectivity index (χ1n) is 5.67. The molecule has 0 fully saturated rings. The van der Waals surface area contributed by atoms with E-state index in [-0.39, 0.29) is 11.7 Å². The molecule has 2 heterocycles. The van der Waals surface area contributed by atoms with E-state index in [1.54, 1.807) is 34.8 Å². The summed E-state index contributed by atoms with van der Waals surface area (Å²) in [6.45, 7) is 3.42. The van der Waals surface area contributed by atoms with Gasteiger partial charge in [-0.05, 0) is 19.1 Å². The number of aryl methyl sites for hydroxylation is 1. The van der Waals surface area contributed by atoms with Crippen LogP contribution in [0.5, 0.6) is 0 Å². The molecule has 0 radical (unpaired) electrons. The van der Waals surface area contributed by atoms with Gasteiger partial charge in [-0.2, -0.15) is 0 Å². The van der Waals surface area contributed by atoms with Crippen LogP contribution in [0.1, 0.15) is 18.7 Å². The van der Waals surface area contributed by atoms with Gasteiger partial charge in [0, 0.05) is 32.5 Å². The second kappa shape index (κ2) is 5.05. The lowest BCUT2D eigenvalue weighted by Crippen LogP contribution is -2.28. The Morgan fingerprint density at radius 3 is 2.88 bits per heavy atom. The molecule has 0 bridgehead atoms. The van der Waals surface area contributed by atoms with Gasteiger partial charge in [0.2, 0.25) is 0 Å². The van der Waals surface area contributed by atoms with Gasteiger partial charge in [0.15, 0.2) is 0 Å². The van der Waals surface area contributed by atoms with Gasteiger partial charge in [-0.25, -0.2) is 4.79 Å². The van der Waals surface area contributed by atoms with E-state index >= 15 is 0 Å². The van der Waals surface area contributed by atoms with E-state index in [9.17, 15) is 4.79 Å². The summed E-state index contributed by atoms with van der Waals surface area (Å²) in [4.78, 5) is 11.6. The number of furan rings is 1. The highest BCUT2D eigenvalue weighted by molar-refractivity contribution is 5.02. The SMILES string of the molecule is CC(NCCn1ccn(C)c1=O)c1ccco1. The summed E-state index contributed by atoms with van der Waals surface area (Å²) in [6, 6.07) is 3.96. The molecule has 0 spiro atoms. The largest absolute Gasteiger partial charge is 0.468 e. The van der Waals surface area contributed by atoms with E-state index in [4.69, 9.17) is 4.42 Å². The van der Waals surface area contributed by atoms with Gasteiger partial charge in [0.1, 0.15) is 5.76 Å². The Hall–Kier alpha value is -1.75. The van der Waals surface area contributed by atoms with E-state index in [0.29, 0.717) is 6.54 Å². The third-order valence-electron chi connectivity index (χ3n) is 2.79. The molecule has 5 nitrogen and oxygen atoms in total. The van der Waals surface area contributed by atoms with Gasteiger partial charge in [0.05, 0.1) is 12.3 Å². The van der Waals surface area contributed by atoms with Crippen molar-refractivity contribution in [1.29, 1.82) is 0 Å². The van der Waals surface area contributed by atoms with Gasteiger partial charge in [-0.3, -0.25) is 4.57 Å². The molecule has 1 N–H and O–H groups in total. The van der Waals surface area contributed by atoms with Gasteiger partial charge in [-0.15, -0.1) is 0 Å². The maximum absolute atomic E-state index is 11.6. The maximum atomic E-state index is 11.6. The molecule has 5 heteroatoms. The van der Waals surface area contributed by atoms with Crippen molar-refractivity contribution in [3.05, 3.63) is 47.0 Å². The molecule has 2 aromatic heterocycles. The van der Waals surface area contributed by atoms with Crippen LogP contribution in [0.15, 0.2) is 40.0 Å². The van der Waals surface area contributed by atoms with E-state index in [2.05, 4.69) is 5.32 Å². The van der Waals surface area contributed by atoms with E-state index < -0.39 is 0 Å². The van der Waals surface area contributed by atoms with Crippen LogP contribution in [-0.2, 0) is 13.6 Å². The second-order valence-electron chi connectivity index (χ2n) is 4.08. The highest BCUT2D eigenvalue weighted by Crippen LogP contribution is 2.11. The molecular weight excluding hydrogens is 218 g/mol. The van der Waals surface area contributed by atoms with Crippen LogP contribution >= 0.6 is 0 Å². The van der Waals surface area contributed by atoms with Crippen molar-refractivity contribution in [2.45, 2.75) is 19.5 Å². The Balaban J connectivity index is 1.84. The lowest BCUT2D eigenvalue weighted by molar-refractivity contribution is 0.422. The fourth-order valence-electron chi connectivity index (χ4n) is 1.72. The molecule has 1 atom stereocenters. The van der Waals surface area contributed by atoms with E-state index in [1.165, 1.54) is 0 Å². The zero-order chi connectivity index (χ0) is 12.3. The van der Waals surface area contributed by atoms with Gasteiger partial charge >= 0.3 is 5.69 Å². The number of hydrogen-bond acceptors (Lipinski definition) is 3. The third-order valence-corrected chi connectivity index (χ3v) is 2.79. The lowest BCUT2D eigenvalue weighted by Gasteiger charge is -2.10. The summed E-state index contributed by atoms with van der Waals surface area (Å²) in [5.74, 6) is 0.908. The molecule has 2 aromatic rings. The van der Waals surface area contributed by atoms with Crippen LogP contribution in [0, 0.1) is 0 Å². The van der Waals surface area contributed by atoms with Crippen LogP contribution in [0.25, 0.3) is 0 Å². The minimum atomic E-state index is 0.0115. The molecule has 0 saturated carbocycles. The van der Waals surface area contributed by atoms with Crippen LogP contribution in [0.4, 0.5) is 0 Å². The number of rotatable bonds is 5. The van der Waals surface area contributed by atoms with Crippen molar-refractivity contribution < 1.29 is 4.42 Å². The van der Waals surface area contributed by atoms with Crippen molar-refractivity contribution in [2.24, 2.45) is 7.05 Å². The van der Waals surface area contributed by atoms with Crippen LogP contribution in [0.3, 0.4) is 0 Å². The van der Waals surface area contributed by atoms with Gasteiger partial charge in [-0.1, -0.05) is 0 Å². The Bertz CT molecular complexity index is 510. The monoisotopic (exact) mass is 235 g/mol. The van der Waals surface area contributed by atoms with Crippen LogP contribution in [-0.4, -0.2) is 15.7 Å². The van der Waals surface area contributed by atoms with E-state index in [1.807, 2.05) is 19.1 Å². The van der Waals surface area contributed by atoms with Gasteiger partial charge in [0.25, 0.3) is 0 Å². The first kappa shape index (κ1) is 11.7. The minimum absolute atomic E-state index is 0.0115. The Labute approximate surface area is 99.7 Å². The van der Waals surface area contributed by atoms with Crippen LogP contribution in [0.2, 0.25) is 0 Å². The highest BCUT2D eigenvalue weighted by Gasteiger charge is 2.07. The molecule has 1 unspecified atom stereocenters. The van der Waals surface area contributed by atoms with Crippen molar-refractivity contribution in [2.75, 3.05) is 6.54 Å². The maximum Gasteiger partial charge on any atom is 0.327 e. The van der Waals surface area contributed by atoms with Crippen molar-refractivity contribution in [3.8, 4) is 0 Å². The van der Waals surface area contributed by atoms with Crippen molar-refractivity contribution in [3.63, 3.8) is 0 Å². The predicted molar refractivity (Wildman–Crippen MR) is 64.8 cm³/mol. The zero-order valence-corrected chi connectivity index (χ0v) is 10.1. The molecule has 0 aromatic carbocycles. The lowest BCUT2D eigenvalue weighted by atomic mass is 10.2. The summed E-state index contributed by atoms with van der Waals surface area (Å²) in [5, 5.41) is 3.31. The first-order chi connectivity index (χ1) is 8.18.